The average molecular weight is 232 g/mol. The second-order valence-corrected chi connectivity index (χ2v) is 12.1. The molecule has 0 fully saturated rings. The van der Waals surface area contributed by atoms with Gasteiger partial charge in [-0.2, -0.15) is 0 Å². The van der Waals surface area contributed by atoms with Crippen molar-refractivity contribution in [3.8, 4) is 0 Å². The number of hydrogen-bond donors (Lipinski definition) is 1. The maximum atomic E-state index is 2.41. The van der Waals surface area contributed by atoms with Crippen LogP contribution in [-0.2, 0) is 0 Å². The van der Waals surface area contributed by atoms with E-state index in [1.165, 1.54) is 9.79 Å². The molecule has 0 atom stereocenters. The van der Waals surface area contributed by atoms with Crippen LogP contribution in [0.5, 0.6) is 0 Å². The molecule has 0 aliphatic carbocycles. The summed E-state index contributed by atoms with van der Waals surface area (Å²) in [4.78, 5) is 2.94. The molecule has 0 spiro atoms. The van der Waals surface area contributed by atoms with Crippen molar-refractivity contribution in [3.05, 3.63) is 60.7 Å². The maximum absolute atomic E-state index is 2.41. The van der Waals surface area contributed by atoms with E-state index in [0.29, 0.717) is 0 Å². The molecule has 0 aromatic heterocycles. The number of benzene rings is 2. The maximum Gasteiger partial charge on any atom is -0.0215 e. The van der Waals surface area contributed by atoms with Crippen molar-refractivity contribution in [3.63, 3.8) is 0 Å². The minimum absolute atomic E-state index is 1.47. The highest BCUT2D eigenvalue weighted by atomic mass is 32.3. The Kier molecular flexibility index (Phi) is 2.59. The smallest absolute Gasteiger partial charge is 0.0215 e. The van der Waals surface area contributed by atoms with Crippen LogP contribution in [0.1, 0.15) is 0 Å². The number of thiol groups is 1. The van der Waals surface area contributed by atoms with Crippen molar-refractivity contribution in [2.45, 2.75) is 9.79 Å². The van der Waals surface area contributed by atoms with Gasteiger partial charge in [0, 0.05) is 0 Å². The van der Waals surface area contributed by atoms with Gasteiger partial charge in [-0.3, -0.25) is 0 Å². The van der Waals surface area contributed by atoms with E-state index in [2.05, 4.69) is 79.4 Å². The van der Waals surface area contributed by atoms with Crippen LogP contribution in [-0.4, -0.2) is 18.8 Å². The van der Waals surface area contributed by atoms with Gasteiger partial charge in [0.05, 0.1) is 0 Å². The van der Waals surface area contributed by atoms with Gasteiger partial charge in [0.15, 0.2) is 0 Å². The topological polar surface area (TPSA) is 0 Å². The first-order chi connectivity index (χ1) is 7.49. The lowest BCUT2D eigenvalue weighted by Crippen LogP contribution is -2.13. The third-order valence-corrected chi connectivity index (χ3v) is 7.53. The summed E-state index contributed by atoms with van der Waals surface area (Å²) in [6, 6.07) is 21.7. The van der Waals surface area contributed by atoms with Gasteiger partial charge in [0.25, 0.3) is 0 Å². The van der Waals surface area contributed by atoms with Crippen LogP contribution in [0.4, 0.5) is 0 Å². The molecule has 0 bridgehead atoms. The molecule has 0 aliphatic heterocycles. The summed E-state index contributed by atoms with van der Waals surface area (Å²) in [5.74, 6) is 0. The SMILES string of the molecule is C[SH](C)(C)(c1ccccc1)c1ccccc1. The Labute approximate surface area is 98.6 Å². The molecule has 0 amide bonds. The first-order valence-electron chi connectivity index (χ1n) is 5.61. The fourth-order valence-corrected chi connectivity index (χ4v) is 4.78. The minimum atomic E-state index is -1.93. The van der Waals surface area contributed by atoms with Gasteiger partial charge in [-0.15, -0.1) is 0 Å². The Bertz CT molecular complexity index is 420. The van der Waals surface area contributed by atoms with Crippen LogP contribution < -0.4 is 0 Å². The molecule has 0 nitrogen and oxygen atoms in total. The van der Waals surface area contributed by atoms with Gasteiger partial charge in [0.2, 0.25) is 0 Å². The Morgan fingerprint density at radius 2 is 0.875 bits per heavy atom. The molecule has 0 aliphatic rings. The Morgan fingerprint density at radius 3 is 1.19 bits per heavy atom. The molecule has 0 heterocycles. The van der Waals surface area contributed by atoms with E-state index in [1.807, 2.05) is 0 Å². The van der Waals surface area contributed by atoms with E-state index >= 15 is 0 Å². The molecular formula is C15H20S. The van der Waals surface area contributed by atoms with Crippen LogP contribution in [0.25, 0.3) is 0 Å². The lowest BCUT2D eigenvalue weighted by molar-refractivity contribution is 1.33. The Balaban J connectivity index is 2.60. The van der Waals surface area contributed by atoms with E-state index in [9.17, 15) is 0 Å². The van der Waals surface area contributed by atoms with E-state index in [-0.39, 0.29) is 0 Å². The molecule has 2 aromatic rings. The highest BCUT2D eigenvalue weighted by Gasteiger charge is 2.29. The number of hydrogen-bond acceptors (Lipinski definition) is 0. The third-order valence-electron chi connectivity index (χ3n) is 3.32. The summed E-state index contributed by atoms with van der Waals surface area (Å²) in [7, 11) is -1.93. The summed E-state index contributed by atoms with van der Waals surface area (Å²) in [6.07, 6.45) is 7.24. The van der Waals surface area contributed by atoms with Crippen molar-refractivity contribution in [2.75, 3.05) is 18.8 Å². The largest absolute Gasteiger partial charge is 0.249 e. The normalized spacial score (nSPS) is 14.1. The summed E-state index contributed by atoms with van der Waals surface area (Å²) in [6.45, 7) is 0. The summed E-state index contributed by atoms with van der Waals surface area (Å²) >= 11 is 0. The monoisotopic (exact) mass is 232 g/mol. The predicted octanol–water partition coefficient (Wildman–Crippen LogP) is 4.07. The molecular weight excluding hydrogens is 212 g/mol. The van der Waals surface area contributed by atoms with Gasteiger partial charge in [-0.1, -0.05) is 60.7 Å². The lowest BCUT2D eigenvalue weighted by atomic mass is 10.4. The molecule has 0 saturated carbocycles. The first-order valence-corrected chi connectivity index (χ1v) is 9.19. The zero-order valence-corrected chi connectivity index (χ0v) is 11.1. The zero-order valence-electron chi connectivity index (χ0n) is 10.2. The van der Waals surface area contributed by atoms with E-state index in [1.54, 1.807) is 0 Å². The number of rotatable bonds is 2. The standard InChI is InChI=1S/C15H20S/c1-16(2,3,14-10-6-4-7-11-14)15-12-8-5-9-13-15/h4-13,16H,1-3H3. The van der Waals surface area contributed by atoms with Gasteiger partial charge in [-0.25, -0.2) is 9.16 Å². The van der Waals surface area contributed by atoms with E-state index in [4.69, 9.17) is 0 Å². The lowest BCUT2D eigenvalue weighted by Gasteiger charge is -2.52. The first kappa shape index (κ1) is 11.3. The summed E-state index contributed by atoms with van der Waals surface area (Å²) in [5.41, 5.74) is 0. The van der Waals surface area contributed by atoms with Crippen LogP contribution >= 0.6 is 9.16 Å². The quantitative estimate of drug-likeness (QED) is 0.741. The van der Waals surface area contributed by atoms with Crippen molar-refractivity contribution >= 4 is 9.16 Å². The molecule has 2 rings (SSSR count). The fraction of sp³-hybridized carbons (Fsp3) is 0.200. The Morgan fingerprint density at radius 1 is 0.562 bits per heavy atom. The minimum Gasteiger partial charge on any atom is -0.249 e. The van der Waals surface area contributed by atoms with E-state index in [0.717, 1.165) is 0 Å². The van der Waals surface area contributed by atoms with Crippen molar-refractivity contribution in [1.82, 2.24) is 0 Å². The zero-order chi connectivity index (χ0) is 11.7. The van der Waals surface area contributed by atoms with Gasteiger partial charge >= 0.3 is 0 Å². The molecule has 16 heavy (non-hydrogen) atoms. The second kappa shape index (κ2) is 3.67. The highest BCUT2D eigenvalue weighted by Crippen LogP contribution is 2.72. The van der Waals surface area contributed by atoms with Crippen molar-refractivity contribution in [1.29, 1.82) is 0 Å². The highest BCUT2D eigenvalue weighted by molar-refractivity contribution is 8.48. The van der Waals surface area contributed by atoms with Crippen molar-refractivity contribution < 1.29 is 0 Å². The molecule has 0 saturated heterocycles. The average Bonchev–Trinajstić information content (AvgIpc) is 2.31. The van der Waals surface area contributed by atoms with Gasteiger partial charge in [0.1, 0.15) is 0 Å². The molecule has 0 radical (unpaired) electrons. The van der Waals surface area contributed by atoms with Crippen LogP contribution in [0.15, 0.2) is 70.5 Å². The second-order valence-electron chi connectivity index (χ2n) is 5.47. The van der Waals surface area contributed by atoms with Crippen molar-refractivity contribution in [2.24, 2.45) is 0 Å². The summed E-state index contributed by atoms with van der Waals surface area (Å²) < 4.78 is 0. The van der Waals surface area contributed by atoms with Crippen LogP contribution in [0.2, 0.25) is 0 Å². The van der Waals surface area contributed by atoms with Gasteiger partial charge in [-0.05, 0) is 28.6 Å². The molecule has 1 heteroatoms. The Hall–Kier alpha value is -1.21. The van der Waals surface area contributed by atoms with Gasteiger partial charge < -0.3 is 0 Å². The van der Waals surface area contributed by atoms with Crippen LogP contribution in [0, 0.1) is 0 Å². The predicted molar refractivity (Wildman–Crippen MR) is 76.2 cm³/mol. The third kappa shape index (κ3) is 1.88. The fourth-order valence-electron chi connectivity index (χ4n) is 2.05. The molecule has 86 valence electrons. The summed E-state index contributed by atoms with van der Waals surface area (Å²) in [5, 5.41) is 0. The van der Waals surface area contributed by atoms with E-state index < -0.39 is 9.16 Å². The molecule has 2 aromatic carbocycles. The molecule has 0 N–H and O–H groups in total. The van der Waals surface area contributed by atoms with Crippen LogP contribution in [0.3, 0.4) is 0 Å². The molecule has 0 unspecified atom stereocenters.